The summed E-state index contributed by atoms with van der Waals surface area (Å²) in [4.78, 5) is 4.49. The highest BCUT2D eigenvalue weighted by Crippen LogP contribution is 2.21. The first kappa shape index (κ1) is 13.8. The van der Waals surface area contributed by atoms with E-state index in [4.69, 9.17) is 0 Å². The third kappa shape index (κ3) is 3.04. The highest BCUT2D eigenvalue weighted by Gasteiger charge is 2.17. The molecule has 0 bridgehead atoms. The summed E-state index contributed by atoms with van der Waals surface area (Å²) < 4.78 is 2.10. The van der Waals surface area contributed by atoms with Gasteiger partial charge in [-0.25, -0.2) is 4.98 Å². The molecule has 1 atom stereocenters. The lowest BCUT2D eigenvalue weighted by molar-refractivity contribution is 0.505. The lowest BCUT2D eigenvalue weighted by Gasteiger charge is -2.20. The lowest BCUT2D eigenvalue weighted by Crippen LogP contribution is -2.26. The van der Waals surface area contributed by atoms with Gasteiger partial charge < -0.3 is 9.88 Å². The van der Waals surface area contributed by atoms with Crippen molar-refractivity contribution in [2.45, 2.75) is 33.2 Å². The molecule has 1 heterocycles. The van der Waals surface area contributed by atoms with Crippen molar-refractivity contribution in [3.8, 4) is 0 Å². The van der Waals surface area contributed by atoms with Crippen LogP contribution in [0.3, 0.4) is 0 Å². The predicted molar refractivity (Wildman–Crippen MR) is 79.2 cm³/mol. The molecule has 0 spiro atoms. The maximum absolute atomic E-state index is 4.49. The van der Waals surface area contributed by atoms with Crippen molar-refractivity contribution in [1.82, 2.24) is 14.9 Å². The van der Waals surface area contributed by atoms with Crippen molar-refractivity contribution in [2.75, 3.05) is 6.54 Å². The van der Waals surface area contributed by atoms with Crippen molar-refractivity contribution in [2.24, 2.45) is 7.05 Å². The Labute approximate surface area is 115 Å². The van der Waals surface area contributed by atoms with Crippen molar-refractivity contribution in [3.05, 3.63) is 53.1 Å². The molecule has 0 aliphatic rings. The molecule has 0 aliphatic carbocycles. The second-order valence-electron chi connectivity index (χ2n) is 5.08. The molecular weight excluding hydrogens is 234 g/mol. The van der Waals surface area contributed by atoms with Gasteiger partial charge in [0.2, 0.25) is 0 Å². The van der Waals surface area contributed by atoms with Gasteiger partial charge in [0.1, 0.15) is 5.82 Å². The molecule has 0 fully saturated rings. The number of hydrogen-bond donors (Lipinski definition) is 1. The van der Waals surface area contributed by atoms with E-state index in [2.05, 4.69) is 60.9 Å². The second kappa shape index (κ2) is 6.02. The minimum Gasteiger partial charge on any atom is -0.337 e. The molecule has 1 aromatic heterocycles. The molecule has 0 saturated heterocycles. The largest absolute Gasteiger partial charge is 0.337 e. The molecule has 0 saturated carbocycles. The van der Waals surface area contributed by atoms with E-state index in [1.807, 2.05) is 12.4 Å². The van der Waals surface area contributed by atoms with Gasteiger partial charge >= 0.3 is 0 Å². The third-order valence-electron chi connectivity index (χ3n) is 3.67. The Morgan fingerprint density at radius 1 is 1.26 bits per heavy atom. The van der Waals surface area contributed by atoms with E-state index in [9.17, 15) is 0 Å². The van der Waals surface area contributed by atoms with Crippen molar-refractivity contribution >= 4 is 0 Å². The Bertz CT molecular complexity index is 522. The Morgan fingerprint density at radius 3 is 2.47 bits per heavy atom. The van der Waals surface area contributed by atoms with Crippen LogP contribution in [-0.2, 0) is 13.5 Å². The second-order valence-corrected chi connectivity index (χ2v) is 5.08. The number of aromatic nitrogens is 2. The molecule has 1 N–H and O–H groups in total. The fourth-order valence-corrected chi connectivity index (χ4v) is 2.59. The molecule has 2 aromatic rings. The first-order valence-electron chi connectivity index (χ1n) is 6.89. The number of hydrogen-bond acceptors (Lipinski definition) is 2. The van der Waals surface area contributed by atoms with Gasteiger partial charge in [0.05, 0.1) is 6.04 Å². The van der Waals surface area contributed by atoms with Crippen LogP contribution in [-0.4, -0.2) is 16.1 Å². The van der Waals surface area contributed by atoms with Crippen molar-refractivity contribution < 1.29 is 0 Å². The molecule has 2 rings (SSSR count). The average molecular weight is 257 g/mol. The van der Waals surface area contributed by atoms with E-state index in [-0.39, 0.29) is 6.04 Å². The van der Waals surface area contributed by atoms with E-state index in [1.165, 1.54) is 16.7 Å². The Hall–Kier alpha value is -1.61. The highest BCUT2D eigenvalue weighted by atomic mass is 15.1. The minimum atomic E-state index is 0.268. The molecule has 0 amide bonds. The maximum atomic E-state index is 4.49. The van der Waals surface area contributed by atoms with Crippen LogP contribution in [0.1, 0.15) is 35.5 Å². The predicted octanol–water partition coefficient (Wildman–Crippen LogP) is 2.93. The van der Waals surface area contributed by atoms with Crippen LogP contribution in [0, 0.1) is 13.8 Å². The fraction of sp³-hybridized carbons (Fsp3) is 0.438. The molecule has 1 unspecified atom stereocenters. The topological polar surface area (TPSA) is 29.9 Å². The molecular formula is C16H23N3. The van der Waals surface area contributed by atoms with Crippen LogP contribution in [0.5, 0.6) is 0 Å². The van der Waals surface area contributed by atoms with E-state index in [0.717, 1.165) is 18.8 Å². The van der Waals surface area contributed by atoms with Gasteiger partial charge in [-0.1, -0.05) is 25.1 Å². The van der Waals surface area contributed by atoms with Gasteiger partial charge in [0.15, 0.2) is 0 Å². The van der Waals surface area contributed by atoms with E-state index < -0.39 is 0 Å². The molecule has 0 radical (unpaired) electrons. The third-order valence-corrected chi connectivity index (χ3v) is 3.67. The summed E-state index contributed by atoms with van der Waals surface area (Å²) in [6.45, 7) is 7.45. The normalized spacial score (nSPS) is 12.6. The molecule has 19 heavy (non-hydrogen) atoms. The standard InChI is InChI=1S/C16H23N3/c1-5-17-15(16-18-9-10-19(16)4)11-14-12(2)7-6-8-13(14)3/h6-10,15,17H,5,11H2,1-4H3. The summed E-state index contributed by atoms with van der Waals surface area (Å²) in [7, 11) is 2.05. The molecule has 1 aromatic carbocycles. The van der Waals surface area contributed by atoms with Crippen LogP contribution in [0.15, 0.2) is 30.6 Å². The SMILES string of the molecule is CCNC(Cc1c(C)cccc1C)c1nccn1C. The minimum absolute atomic E-state index is 0.268. The molecule has 0 aliphatic heterocycles. The fourth-order valence-electron chi connectivity index (χ4n) is 2.59. The van der Waals surface area contributed by atoms with Gasteiger partial charge in [0.25, 0.3) is 0 Å². The first-order valence-corrected chi connectivity index (χ1v) is 6.89. The first-order chi connectivity index (χ1) is 9.13. The summed E-state index contributed by atoms with van der Waals surface area (Å²) in [5, 5.41) is 3.55. The number of likely N-dealkylation sites (N-methyl/N-ethyl adjacent to an activating group) is 1. The van der Waals surface area contributed by atoms with E-state index in [0.29, 0.717) is 0 Å². The number of rotatable bonds is 5. The molecule has 102 valence electrons. The number of benzene rings is 1. The van der Waals surface area contributed by atoms with E-state index >= 15 is 0 Å². The molecule has 3 heteroatoms. The van der Waals surface area contributed by atoms with Gasteiger partial charge in [0, 0.05) is 19.4 Å². The van der Waals surface area contributed by atoms with Gasteiger partial charge in [-0.05, 0) is 43.5 Å². The van der Waals surface area contributed by atoms with Crippen LogP contribution in [0.2, 0.25) is 0 Å². The summed E-state index contributed by atoms with van der Waals surface area (Å²) in [5.74, 6) is 1.10. The van der Waals surface area contributed by atoms with Gasteiger partial charge in [-0.3, -0.25) is 0 Å². The number of imidazole rings is 1. The lowest BCUT2D eigenvalue weighted by atomic mass is 9.96. The monoisotopic (exact) mass is 257 g/mol. The van der Waals surface area contributed by atoms with Crippen molar-refractivity contribution in [3.63, 3.8) is 0 Å². The Balaban J connectivity index is 2.29. The van der Waals surface area contributed by atoms with Crippen LogP contribution >= 0.6 is 0 Å². The smallest absolute Gasteiger partial charge is 0.125 e. The zero-order chi connectivity index (χ0) is 13.8. The van der Waals surface area contributed by atoms with E-state index in [1.54, 1.807) is 0 Å². The zero-order valence-electron chi connectivity index (χ0n) is 12.3. The average Bonchev–Trinajstić information content (AvgIpc) is 2.79. The van der Waals surface area contributed by atoms with Crippen LogP contribution < -0.4 is 5.32 Å². The quantitative estimate of drug-likeness (QED) is 0.892. The summed E-state index contributed by atoms with van der Waals surface area (Å²) >= 11 is 0. The molecule has 3 nitrogen and oxygen atoms in total. The van der Waals surface area contributed by atoms with Gasteiger partial charge in [-0.2, -0.15) is 0 Å². The number of nitrogens with one attached hydrogen (secondary N) is 1. The van der Waals surface area contributed by atoms with Crippen LogP contribution in [0.4, 0.5) is 0 Å². The van der Waals surface area contributed by atoms with Gasteiger partial charge in [-0.15, -0.1) is 0 Å². The Kier molecular flexibility index (Phi) is 4.38. The maximum Gasteiger partial charge on any atom is 0.125 e. The number of aryl methyl sites for hydroxylation is 3. The highest BCUT2D eigenvalue weighted by molar-refractivity contribution is 5.34. The Morgan fingerprint density at radius 2 is 1.95 bits per heavy atom. The zero-order valence-corrected chi connectivity index (χ0v) is 12.3. The van der Waals surface area contributed by atoms with Crippen LogP contribution in [0.25, 0.3) is 0 Å². The summed E-state index contributed by atoms with van der Waals surface area (Å²) in [6, 6.07) is 6.76. The number of nitrogens with zero attached hydrogens (tertiary/aromatic N) is 2. The van der Waals surface area contributed by atoms with Crippen molar-refractivity contribution in [1.29, 1.82) is 0 Å². The summed E-state index contributed by atoms with van der Waals surface area (Å²) in [6.07, 6.45) is 4.85. The summed E-state index contributed by atoms with van der Waals surface area (Å²) in [5.41, 5.74) is 4.14.